The summed E-state index contributed by atoms with van der Waals surface area (Å²) >= 11 is 0. The zero-order valence-corrected chi connectivity index (χ0v) is 25.1. The van der Waals surface area contributed by atoms with Crippen molar-refractivity contribution in [2.24, 2.45) is 0 Å². The number of benzene rings is 7. The number of hydrogen-bond acceptors (Lipinski definition) is 0. The minimum absolute atomic E-state index is 0.0870. The predicted octanol–water partition coefficient (Wildman–Crippen LogP) is 6.90. The first-order valence-electron chi connectivity index (χ1n) is 16.7. The molecule has 0 fully saturated rings. The molecule has 0 unspecified atom stereocenters. The first-order valence-corrected chi connectivity index (χ1v) is 16.7. The minimum Gasteiger partial charge on any atom is -0.375 e. The molecule has 0 radical (unpaired) electrons. The Labute approximate surface area is 269 Å². The highest BCUT2D eigenvalue weighted by Crippen LogP contribution is 2.47. The Morgan fingerprint density at radius 1 is 0.362 bits per heavy atom. The molecule has 210 valence electrons. The van der Waals surface area contributed by atoms with Crippen LogP contribution in [0.1, 0.15) is 0 Å². The zero-order valence-electron chi connectivity index (χ0n) is 25.1. The molecule has 10 aromatic rings. The highest BCUT2D eigenvalue weighted by molar-refractivity contribution is 6.95. The van der Waals surface area contributed by atoms with Gasteiger partial charge >= 0.3 is 13.7 Å². The molecule has 0 saturated heterocycles. The Morgan fingerprint density at radius 2 is 0.787 bits per heavy atom. The van der Waals surface area contributed by atoms with Crippen LogP contribution in [0.3, 0.4) is 0 Å². The van der Waals surface area contributed by atoms with Crippen LogP contribution in [0.15, 0.2) is 127 Å². The van der Waals surface area contributed by atoms with Gasteiger partial charge in [0.25, 0.3) is 0 Å². The van der Waals surface area contributed by atoms with E-state index in [0.29, 0.717) is 0 Å². The topological polar surface area (TPSA) is 14.8 Å². The first-order chi connectivity index (χ1) is 23.4. The lowest BCUT2D eigenvalue weighted by atomic mass is 9.40. The van der Waals surface area contributed by atoms with Crippen LogP contribution in [0.25, 0.3) is 93.4 Å². The molecule has 4 aliphatic heterocycles. The summed E-state index contributed by atoms with van der Waals surface area (Å²) in [4.78, 5) is 0. The van der Waals surface area contributed by atoms with Crippen molar-refractivity contribution in [1.29, 1.82) is 0 Å². The number of fused-ring (bicyclic) bond motifs is 13. The second-order valence-electron chi connectivity index (χ2n) is 14.0. The van der Waals surface area contributed by atoms with Crippen molar-refractivity contribution in [1.82, 2.24) is 13.5 Å². The SMILES string of the molecule is c1ccc2c(c1)c1cccc3c1n2B1c2c-3cc3c4c2-n2c5c1cccc5c1cccc(c12)B4n1c2ccccc2c2cccc-3c21. The zero-order chi connectivity index (χ0) is 29.9. The summed E-state index contributed by atoms with van der Waals surface area (Å²) < 4.78 is 8.06. The number of hydrogen-bond donors (Lipinski definition) is 0. The predicted molar refractivity (Wildman–Crippen MR) is 198 cm³/mol. The summed E-state index contributed by atoms with van der Waals surface area (Å²) in [6, 6.07) is 48.7. The number of aromatic nitrogens is 3. The van der Waals surface area contributed by atoms with Gasteiger partial charge in [-0.3, -0.25) is 0 Å². The van der Waals surface area contributed by atoms with Crippen LogP contribution in [0.4, 0.5) is 0 Å². The summed E-state index contributed by atoms with van der Waals surface area (Å²) in [6.45, 7) is 0.174. The van der Waals surface area contributed by atoms with Crippen LogP contribution in [-0.4, -0.2) is 27.2 Å². The van der Waals surface area contributed by atoms with Gasteiger partial charge in [-0.15, -0.1) is 0 Å². The summed E-state index contributed by atoms with van der Waals surface area (Å²) in [5.41, 5.74) is 20.7. The average Bonchev–Trinajstić information content (AvgIpc) is 3.77. The summed E-state index contributed by atoms with van der Waals surface area (Å²) in [5, 5.41) is 8.07. The molecule has 0 N–H and O–H groups in total. The molecule has 7 aromatic carbocycles. The van der Waals surface area contributed by atoms with Gasteiger partial charge in [0.15, 0.2) is 0 Å². The molecule has 5 heteroatoms. The van der Waals surface area contributed by atoms with E-state index in [1.54, 1.807) is 0 Å². The van der Waals surface area contributed by atoms with E-state index in [0.717, 1.165) is 0 Å². The standard InChI is InChI=1S/C42H21B2N3/c1-3-19-34-22(9-1)24-11-5-13-28-30-21-31-29-14-6-12-25-23-10-2-4-20-35(23)47(39(25)29)44-33-18-8-16-27-26-15-7-17-32-40(26)45(41(27)33)42(37(31)44)36(30)43(32)46(34)38(24)28/h1-21H. The number of rotatable bonds is 0. The van der Waals surface area contributed by atoms with Crippen molar-refractivity contribution in [2.75, 3.05) is 0 Å². The molecule has 0 aliphatic carbocycles. The Balaban J connectivity index is 1.32. The third kappa shape index (κ3) is 2.16. The third-order valence-electron chi connectivity index (χ3n) is 12.2. The van der Waals surface area contributed by atoms with E-state index in [2.05, 4.69) is 141 Å². The van der Waals surface area contributed by atoms with Gasteiger partial charge < -0.3 is 13.5 Å². The van der Waals surface area contributed by atoms with Crippen molar-refractivity contribution in [3.63, 3.8) is 0 Å². The second kappa shape index (κ2) is 7.06. The molecule has 14 rings (SSSR count). The Hall–Kier alpha value is -5.93. The quantitative estimate of drug-likeness (QED) is 0.171. The highest BCUT2D eigenvalue weighted by Gasteiger charge is 2.49. The Bertz CT molecular complexity index is 3000. The monoisotopic (exact) mass is 589 g/mol. The maximum absolute atomic E-state index is 2.69. The van der Waals surface area contributed by atoms with E-state index >= 15 is 0 Å². The van der Waals surface area contributed by atoms with Gasteiger partial charge in [0.1, 0.15) is 0 Å². The maximum atomic E-state index is 2.69. The number of nitrogens with zero attached hydrogens (tertiary/aromatic N) is 3. The van der Waals surface area contributed by atoms with Gasteiger partial charge in [0.2, 0.25) is 0 Å². The lowest BCUT2D eigenvalue weighted by Crippen LogP contribution is -2.63. The van der Waals surface area contributed by atoms with Gasteiger partial charge in [-0.2, -0.15) is 0 Å². The number of para-hydroxylation sites is 6. The van der Waals surface area contributed by atoms with E-state index in [1.807, 2.05) is 0 Å². The highest BCUT2D eigenvalue weighted by atomic mass is 15.0. The lowest BCUT2D eigenvalue weighted by Gasteiger charge is -2.41. The van der Waals surface area contributed by atoms with Crippen LogP contribution in [0, 0.1) is 0 Å². The van der Waals surface area contributed by atoms with Crippen molar-refractivity contribution in [3.05, 3.63) is 127 Å². The fourth-order valence-electron chi connectivity index (χ4n) is 10.7. The molecule has 0 spiro atoms. The van der Waals surface area contributed by atoms with Gasteiger partial charge in [-0.05, 0) is 51.2 Å². The second-order valence-corrected chi connectivity index (χ2v) is 14.0. The molecule has 7 heterocycles. The summed E-state index contributed by atoms with van der Waals surface area (Å²) in [5.74, 6) is 0. The molecular formula is C42H21B2N3. The van der Waals surface area contributed by atoms with Crippen LogP contribution >= 0.6 is 0 Å². The largest absolute Gasteiger partial charge is 0.375 e. The fraction of sp³-hybridized carbons (Fsp3) is 0. The first kappa shape index (κ1) is 22.6. The van der Waals surface area contributed by atoms with E-state index < -0.39 is 0 Å². The van der Waals surface area contributed by atoms with Crippen molar-refractivity contribution in [2.45, 2.75) is 0 Å². The van der Waals surface area contributed by atoms with Crippen LogP contribution < -0.4 is 21.9 Å². The molecule has 0 bridgehead atoms. The molecular weight excluding hydrogens is 568 g/mol. The lowest BCUT2D eigenvalue weighted by molar-refractivity contribution is 1.17. The van der Waals surface area contributed by atoms with Crippen molar-refractivity contribution >= 4 is 101 Å². The molecule has 4 aliphatic rings. The van der Waals surface area contributed by atoms with E-state index in [9.17, 15) is 0 Å². The Kier molecular flexibility index (Phi) is 3.39. The van der Waals surface area contributed by atoms with Gasteiger partial charge in [0.05, 0.1) is 11.0 Å². The molecule has 3 nitrogen and oxygen atoms in total. The normalized spacial score (nSPS) is 14.3. The van der Waals surface area contributed by atoms with E-state index in [1.165, 1.54) is 115 Å². The van der Waals surface area contributed by atoms with Gasteiger partial charge in [-0.25, -0.2) is 0 Å². The summed E-state index contributed by atoms with van der Waals surface area (Å²) in [7, 11) is 0. The van der Waals surface area contributed by atoms with Crippen LogP contribution in [0.2, 0.25) is 0 Å². The molecule has 0 atom stereocenters. The molecule has 0 saturated carbocycles. The van der Waals surface area contributed by atoms with E-state index in [4.69, 9.17) is 0 Å². The summed E-state index contributed by atoms with van der Waals surface area (Å²) in [6.07, 6.45) is 0. The molecule has 0 amide bonds. The molecule has 47 heavy (non-hydrogen) atoms. The average molecular weight is 589 g/mol. The van der Waals surface area contributed by atoms with Crippen molar-refractivity contribution in [3.8, 4) is 27.9 Å². The maximum Gasteiger partial charge on any atom is 0.333 e. The van der Waals surface area contributed by atoms with Crippen LogP contribution in [-0.2, 0) is 0 Å². The third-order valence-corrected chi connectivity index (χ3v) is 12.2. The smallest absolute Gasteiger partial charge is 0.333 e. The Morgan fingerprint density at radius 3 is 1.30 bits per heavy atom. The fourth-order valence-corrected chi connectivity index (χ4v) is 10.7. The van der Waals surface area contributed by atoms with Crippen molar-refractivity contribution < 1.29 is 0 Å². The minimum atomic E-state index is 0.0870. The van der Waals surface area contributed by atoms with Crippen LogP contribution in [0.5, 0.6) is 0 Å². The molecule has 3 aromatic heterocycles. The van der Waals surface area contributed by atoms with E-state index in [-0.39, 0.29) is 13.7 Å². The van der Waals surface area contributed by atoms with Gasteiger partial charge in [-0.1, -0.05) is 109 Å². The van der Waals surface area contributed by atoms with Gasteiger partial charge in [0, 0.05) is 71.2 Å².